The van der Waals surface area contributed by atoms with Gasteiger partial charge >= 0.3 is 0 Å². The third-order valence-electron chi connectivity index (χ3n) is 4.11. The lowest BCUT2D eigenvalue weighted by atomic mass is 10.1. The number of Topliss-reactive ketones (excluding diaryl/α,β-unsaturated/α-hetero) is 1. The van der Waals surface area contributed by atoms with Crippen molar-refractivity contribution in [3.63, 3.8) is 0 Å². The molecule has 1 aromatic heterocycles. The number of carbonyl (C=O) groups is 2. The molecule has 0 radical (unpaired) electrons. The zero-order valence-electron chi connectivity index (χ0n) is 13.2. The van der Waals surface area contributed by atoms with Crippen molar-refractivity contribution in [2.24, 2.45) is 0 Å². The smallest absolute Gasteiger partial charge is 0.244 e. The second-order valence-electron chi connectivity index (χ2n) is 5.81. The highest BCUT2D eigenvalue weighted by Gasteiger charge is 2.22. The van der Waals surface area contributed by atoms with Crippen LogP contribution in [0.5, 0.6) is 0 Å². The molecule has 0 saturated carbocycles. The van der Waals surface area contributed by atoms with E-state index in [1.54, 1.807) is 4.68 Å². The van der Waals surface area contributed by atoms with Crippen LogP contribution in [-0.2, 0) is 11.3 Å². The highest BCUT2D eigenvalue weighted by Crippen LogP contribution is 2.22. The van der Waals surface area contributed by atoms with Crippen molar-refractivity contribution in [3.8, 4) is 11.3 Å². The molecule has 6 heteroatoms. The fourth-order valence-corrected chi connectivity index (χ4v) is 2.91. The third-order valence-corrected chi connectivity index (χ3v) is 4.11. The summed E-state index contributed by atoms with van der Waals surface area (Å²) in [7, 11) is 0. The Morgan fingerprint density at radius 3 is 2.43 bits per heavy atom. The van der Waals surface area contributed by atoms with Gasteiger partial charge in [-0.15, -0.1) is 5.10 Å². The molecule has 1 amide bonds. The Labute approximate surface area is 135 Å². The standard InChI is InChI=1S/C17H20N4O2/c1-13(22)16-17(14-8-4-2-5-9-14)21(19-18-16)12-15(23)20-10-6-3-7-11-20/h2,4-5,8-9H,3,6-7,10-12H2,1H3. The summed E-state index contributed by atoms with van der Waals surface area (Å²) in [6.45, 7) is 3.18. The molecule has 3 rings (SSSR count). The lowest BCUT2D eigenvalue weighted by molar-refractivity contribution is -0.132. The van der Waals surface area contributed by atoms with E-state index in [1.165, 1.54) is 13.3 Å². The first-order chi connectivity index (χ1) is 11.2. The van der Waals surface area contributed by atoms with Crippen molar-refractivity contribution in [2.75, 3.05) is 13.1 Å². The Kier molecular flexibility index (Phi) is 4.50. The topological polar surface area (TPSA) is 68.1 Å². The molecule has 1 aliphatic heterocycles. The van der Waals surface area contributed by atoms with Crippen molar-refractivity contribution in [1.82, 2.24) is 19.9 Å². The number of hydrogen-bond donors (Lipinski definition) is 0. The molecule has 1 saturated heterocycles. The summed E-state index contributed by atoms with van der Waals surface area (Å²) in [5.41, 5.74) is 1.76. The molecule has 0 bridgehead atoms. The molecular formula is C17H20N4O2. The largest absolute Gasteiger partial charge is 0.341 e. The summed E-state index contributed by atoms with van der Waals surface area (Å²) >= 11 is 0. The molecule has 0 N–H and O–H groups in total. The van der Waals surface area contributed by atoms with Gasteiger partial charge in [-0.3, -0.25) is 9.59 Å². The van der Waals surface area contributed by atoms with E-state index in [4.69, 9.17) is 0 Å². The summed E-state index contributed by atoms with van der Waals surface area (Å²) in [6.07, 6.45) is 3.28. The minimum absolute atomic E-state index is 0.0295. The molecule has 0 spiro atoms. The van der Waals surface area contributed by atoms with E-state index in [0.29, 0.717) is 11.4 Å². The number of hydrogen-bond acceptors (Lipinski definition) is 4. The molecule has 2 aromatic rings. The van der Waals surface area contributed by atoms with Crippen LogP contribution in [-0.4, -0.2) is 44.7 Å². The van der Waals surface area contributed by atoms with Crippen LogP contribution in [0.15, 0.2) is 30.3 Å². The van der Waals surface area contributed by atoms with Crippen LogP contribution in [0.4, 0.5) is 0 Å². The van der Waals surface area contributed by atoms with E-state index >= 15 is 0 Å². The van der Waals surface area contributed by atoms with Crippen molar-refractivity contribution in [2.45, 2.75) is 32.7 Å². The van der Waals surface area contributed by atoms with Crippen molar-refractivity contribution >= 4 is 11.7 Å². The van der Waals surface area contributed by atoms with Gasteiger partial charge in [-0.25, -0.2) is 4.68 Å². The molecule has 0 atom stereocenters. The molecular weight excluding hydrogens is 292 g/mol. The average Bonchev–Trinajstić information content (AvgIpc) is 3.00. The second-order valence-corrected chi connectivity index (χ2v) is 5.81. The van der Waals surface area contributed by atoms with Gasteiger partial charge < -0.3 is 4.90 Å². The van der Waals surface area contributed by atoms with Crippen LogP contribution in [0.3, 0.4) is 0 Å². The van der Waals surface area contributed by atoms with Crippen LogP contribution in [0.1, 0.15) is 36.7 Å². The predicted molar refractivity (Wildman–Crippen MR) is 85.9 cm³/mol. The molecule has 2 heterocycles. The molecule has 1 aliphatic rings. The first-order valence-electron chi connectivity index (χ1n) is 7.94. The summed E-state index contributed by atoms with van der Waals surface area (Å²) in [5, 5.41) is 8.03. The quantitative estimate of drug-likeness (QED) is 0.811. The second kappa shape index (κ2) is 6.73. The molecule has 6 nitrogen and oxygen atoms in total. The highest BCUT2D eigenvalue weighted by atomic mass is 16.2. The van der Waals surface area contributed by atoms with Gasteiger partial charge in [0.2, 0.25) is 5.91 Å². The van der Waals surface area contributed by atoms with Crippen LogP contribution >= 0.6 is 0 Å². The maximum Gasteiger partial charge on any atom is 0.244 e. The molecule has 1 aromatic carbocycles. The Bertz CT molecular complexity index is 703. The van der Waals surface area contributed by atoms with E-state index in [-0.39, 0.29) is 18.2 Å². The van der Waals surface area contributed by atoms with Gasteiger partial charge in [-0.05, 0) is 19.3 Å². The molecule has 0 aliphatic carbocycles. The maximum atomic E-state index is 12.5. The van der Waals surface area contributed by atoms with E-state index in [9.17, 15) is 9.59 Å². The van der Waals surface area contributed by atoms with Crippen molar-refractivity contribution in [3.05, 3.63) is 36.0 Å². The third kappa shape index (κ3) is 3.31. The van der Waals surface area contributed by atoms with Gasteiger partial charge in [-0.2, -0.15) is 0 Å². The molecule has 120 valence electrons. The fraction of sp³-hybridized carbons (Fsp3) is 0.412. The molecule has 23 heavy (non-hydrogen) atoms. The van der Waals surface area contributed by atoms with Gasteiger partial charge in [-0.1, -0.05) is 35.5 Å². The van der Waals surface area contributed by atoms with E-state index < -0.39 is 0 Å². The summed E-state index contributed by atoms with van der Waals surface area (Å²) in [4.78, 5) is 26.2. The van der Waals surface area contributed by atoms with Crippen LogP contribution in [0.25, 0.3) is 11.3 Å². The normalized spacial score (nSPS) is 14.7. The van der Waals surface area contributed by atoms with E-state index in [1.807, 2.05) is 35.2 Å². The number of carbonyl (C=O) groups excluding carboxylic acids is 2. The summed E-state index contributed by atoms with van der Waals surface area (Å²) < 4.78 is 1.54. The van der Waals surface area contributed by atoms with Crippen LogP contribution in [0.2, 0.25) is 0 Å². The lowest BCUT2D eigenvalue weighted by Gasteiger charge is -2.26. The van der Waals surface area contributed by atoms with Gasteiger partial charge in [0.1, 0.15) is 12.2 Å². The van der Waals surface area contributed by atoms with Crippen molar-refractivity contribution < 1.29 is 9.59 Å². The predicted octanol–water partition coefficient (Wildman–Crippen LogP) is 2.16. The first-order valence-corrected chi connectivity index (χ1v) is 7.94. The van der Waals surface area contributed by atoms with Gasteiger partial charge in [0.25, 0.3) is 0 Å². The van der Waals surface area contributed by atoms with E-state index in [2.05, 4.69) is 10.3 Å². The summed E-state index contributed by atoms with van der Waals surface area (Å²) in [6, 6.07) is 9.48. The SMILES string of the molecule is CC(=O)c1nnn(CC(=O)N2CCCCC2)c1-c1ccccc1. The minimum atomic E-state index is -0.152. The average molecular weight is 312 g/mol. The van der Waals surface area contributed by atoms with Gasteiger partial charge in [0.15, 0.2) is 11.5 Å². The number of aromatic nitrogens is 3. The maximum absolute atomic E-state index is 12.5. The number of nitrogens with zero attached hydrogens (tertiary/aromatic N) is 4. The number of piperidine rings is 1. The van der Waals surface area contributed by atoms with Gasteiger partial charge in [0.05, 0.1) is 0 Å². The number of rotatable bonds is 4. The van der Waals surface area contributed by atoms with E-state index in [0.717, 1.165) is 31.5 Å². The minimum Gasteiger partial charge on any atom is -0.341 e. The lowest BCUT2D eigenvalue weighted by Crippen LogP contribution is -2.38. The first kappa shape index (κ1) is 15.4. The Balaban J connectivity index is 1.90. The summed E-state index contributed by atoms with van der Waals surface area (Å²) in [5.74, 6) is -0.123. The monoisotopic (exact) mass is 312 g/mol. The Morgan fingerprint density at radius 1 is 1.09 bits per heavy atom. The fourth-order valence-electron chi connectivity index (χ4n) is 2.91. The Morgan fingerprint density at radius 2 is 1.78 bits per heavy atom. The van der Waals surface area contributed by atoms with Crippen molar-refractivity contribution in [1.29, 1.82) is 0 Å². The van der Waals surface area contributed by atoms with Crippen LogP contribution in [0, 0.1) is 0 Å². The Hall–Kier alpha value is -2.50. The number of ketones is 1. The number of amides is 1. The zero-order valence-corrected chi connectivity index (χ0v) is 13.2. The number of benzene rings is 1. The highest BCUT2D eigenvalue weighted by molar-refractivity contribution is 5.98. The van der Waals surface area contributed by atoms with Crippen LogP contribution < -0.4 is 0 Å². The van der Waals surface area contributed by atoms with Gasteiger partial charge in [0, 0.05) is 25.6 Å². The number of likely N-dealkylation sites (tertiary alicyclic amines) is 1. The molecule has 1 fully saturated rings. The zero-order chi connectivity index (χ0) is 16.2. The molecule has 0 unspecified atom stereocenters.